The summed E-state index contributed by atoms with van der Waals surface area (Å²) in [5, 5.41) is 12.9. The molecular weight excluding hydrogens is 410 g/mol. The smallest absolute Gasteiger partial charge is 0.251 e. The fourth-order valence-electron chi connectivity index (χ4n) is 3.57. The Morgan fingerprint density at radius 1 is 1.19 bits per heavy atom. The Morgan fingerprint density at radius 2 is 1.97 bits per heavy atom. The van der Waals surface area contributed by atoms with E-state index in [1.165, 1.54) is 0 Å². The van der Waals surface area contributed by atoms with Gasteiger partial charge in [0.15, 0.2) is 5.13 Å². The number of nitrogens with one attached hydrogen (secondary N) is 1. The number of ether oxygens (including phenoxy) is 1. The number of fused-ring (bicyclic) bond motifs is 1. The molecule has 1 aliphatic heterocycles. The van der Waals surface area contributed by atoms with Crippen molar-refractivity contribution < 1.29 is 9.53 Å². The molecule has 1 saturated heterocycles. The van der Waals surface area contributed by atoms with Crippen molar-refractivity contribution >= 4 is 32.6 Å². The number of hydrogen-bond donors (Lipinski definition) is 1. The van der Waals surface area contributed by atoms with Gasteiger partial charge in [-0.15, -0.1) is 0 Å². The van der Waals surface area contributed by atoms with Crippen LogP contribution in [0.4, 0.5) is 5.13 Å². The lowest BCUT2D eigenvalue weighted by Gasteiger charge is -2.34. The van der Waals surface area contributed by atoms with Crippen molar-refractivity contribution in [3.05, 3.63) is 53.6 Å². The van der Waals surface area contributed by atoms with E-state index < -0.39 is 0 Å². The molecular formula is C23H25N5O2S. The second-order valence-corrected chi connectivity index (χ2v) is 8.34. The van der Waals surface area contributed by atoms with E-state index in [2.05, 4.69) is 27.3 Å². The topological polar surface area (TPSA) is 81.5 Å². The number of piperazine rings is 1. The monoisotopic (exact) mass is 435 g/mol. The van der Waals surface area contributed by atoms with Crippen LogP contribution in [0.2, 0.25) is 0 Å². The lowest BCUT2D eigenvalue weighted by Crippen LogP contribution is -2.48. The van der Waals surface area contributed by atoms with Gasteiger partial charge in [0.25, 0.3) is 5.91 Å². The van der Waals surface area contributed by atoms with Crippen LogP contribution in [0.15, 0.2) is 42.5 Å². The Kier molecular flexibility index (Phi) is 6.65. The Labute approximate surface area is 185 Å². The van der Waals surface area contributed by atoms with Gasteiger partial charge in [0, 0.05) is 44.8 Å². The second-order valence-electron chi connectivity index (χ2n) is 7.33. The van der Waals surface area contributed by atoms with Gasteiger partial charge in [0.05, 0.1) is 28.5 Å². The number of hydrogen-bond acceptors (Lipinski definition) is 7. The fraction of sp³-hybridized carbons (Fsp3) is 0.348. The van der Waals surface area contributed by atoms with Gasteiger partial charge >= 0.3 is 0 Å². The number of carbonyl (C=O) groups is 1. The highest BCUT2D eigenvalue weighted by Crippen LogP contribution is 2.31. The molecule has 1 fully saturated rings. The number of nitriles is 1. The molecule has 4 rings (SSSR count). The Balaban J connectivity index is 1.24. The third-order valence-electron chi connectivity index (χ3n) is 5.29. The van der Waals surface area contributed by atoms with Gasteiger partial charge in [-0.3, -0.25) is 9.69 Å². The molecule has 0 atom stereocenters. The predicted octanol–water partition coefficient (Wildman–Crippen LogP) is 3.12. The summed E-state index contributed by atoms with van der Waals surface area (Å²) in [5.74, 6) is 0.780. The third kappa shape index (κ3) is 5.13. The average Bonchev–Trinajstić information content (AvgIpc) is 3.23. The van der Waals surface area contributed by atoms with Gasteiger partial charge in [-0.2, -0.15) is 5.26 Å². The largest absolute Gasteiger partial charge is 0.494 e. The zero-order chi connectivity index (χ0) is 21.6. The number of benzene rings is 2. The quantitative estimate of drug-likeness (QED) is 0.614. The minimum atomic E-state index is -0.107. The van der Waals surface area contributed by atoms with Crippen molar-refractivity contribution in [3.8, 4) is 11.8 Å². The molecule has 8 heteroatoms. The summed E-state index contributed by atoms with van der Waals surface area (Å²) < 4.78 is 6.74. The highest BCUT2D eigenvalue weighted by Gasteiger charge is 2.20. The molecule has 31 heavy (non-hydrogen) atoms. The first kappa shape index (κ1) is 21.1. The number of aromatic nitrogens is 1. The molecule has 0 radical (unpaired) electrons. The van der Waals surface area contributed by atoms with E-state index in [9.17, 15) is 4.79 Å². The molecule has 7 nitrogen and oxygen atoms in total. The van der Waals surface area contributed by atoms with Crippen LogP contribution in [0.1, 0.15) is 22.8 Å². The standard InChI is InChI=1S/C23H25N5O2S/c1-2-30-19-7-8-20-21(15-19)31-23(26-20)28-13-11-27(12-14-28)10-9-25-22(29)18-5-3-17(16-24)4-6-18/h3-8,15H,2,9-14H2,1H3,(H,25,29). The molecule has 1 aromatic heterocycles. The molecule has 1 aliphatic rings. The maximum atomic E-state index is 12.2. The number of carbonyl (C=O) groups excluding carboxylic acids is 1. The molecule has 2 heterocycles. The summed E-state index contributed by atoms with van der Waals surface area (Å²) >= 11 is 1.71. The van der Waals surface area contributed by atoms with E-state index in [0.29, 0.717) is 24.3 Å². The van der Waals surface area contributed by atoms with E-state index in [4.69, 9.17) is 15.0 Å². The lowest BCUT2D eigenvalue weighted by molar-refractivity contribution is 0.0948. The molecule has 1 amide bonds. The number of rotatable bonds is 7. The van der Waals surface area contributed by atoms with Crippen LogP contribution < -0.4 is 15.0 Å². The molecule has 0 spiro atoms. The van der Waals surface area contributed by atoms with Gasteiger partial charge < -0.3 is 15.0 Å². The summed E-state index contributed by atoms with van der Waals surface area (Å²) in [5.41, 5.74) is 2.14. The van der Waals surface area contributed by atoms with E-state index in [-0.39, 0.29) is 5.91 Å². The highest BCUT2D eigenvalue weighted by molar-refractivity contribution is 7.22. The Hall–Kier alpha value is -3.15. The summed E-state index contributed by atoms with van der Waals surface area (Å²) in [4.78, 5) is 21.7. The van der Waals surface area contributed by atoms with E-state index >= 15 is 0 Å². The van der Waals surface area contributed by atoms with Crippen LogP contribution in [-0.4, -0.2) is 61.7 Å². The number of amides is 1. The van der Waals surface area contributed by atoms with Crippen molar-refractivity contribution in [1.82, 2.24) is 15.2 Å². The first-order chi connectivity index (χ1) is 15.2. The lowest BCUT2D eigenvalue weighted by atomic mass is 10.1. The summed E-state index contributed by atoms with van der Waals surface area (Å²) in [6.45, 7) is 7.77. The van der Waals surface area contributed by atoms with Crippen molar-refractivity contribution in [2.75, 3.05) is 50.8 Å². The minimum absolute atomic E-state index is 0.107. The fourth-order valence-corrected chi connectivity index (χ4v) is 4.62. The molecule has 2 aromatic carbocycles. The Morgan fingerprint density at radius 3 is 2.68 bits per heavy atom. The van der Waals surface area contributed by atoms with E-state index in [0.717, 1.165) is 53.8 Å². The SMILES string of the molecule is CCOc1ccc2nc(N3CCN(CCNC(=O)c4ccc(C#N)cc4)CC3)sc2c1. The number of nitrogens with zero attached hydrogens (tertiary/aromatic N) is 4. The maximum Gasteiger partial charge on any atom is 0.251 e. The van der Waals surface area contributed by atoms with E-state index in [1.54, 1.807) is 35.6 Å². The molecule has 0 bridgehead atoms. The van der Waals surface area contributed by atoms with Gasteiger partial charge in [-0.1, -0.05) is 11.3 Å². The van der Waals surface area contributed by atoms with Gasteiger partial charge in [0.1, 0.15) is 5.75 Å². The number of anilines is 1. The van der Waals surface area contributed by atoms with Gasteiger partial charge in [0.2, 0.25) is 0 Å². The first-order valence-electron chi connectivity index (χ1n) is 10.5. The summed E-state index contributed by atoms with van der Waals surface area (Å²) in [6, 6.07) is 14.8. The highest BCUT2D eigenvalue weighted by atomic mass is 32.1. The second kappa shape index (κ2) is 9.77. The zero-order valence-electron chi connectivity index (χ0n) is 17.5. The van der Waals surface area contributed by atoms with Gasteiger partial charge in [-0.25, -0.2) is 4.98 Å². The molecule has 0 aliphatic carbocycles. The van der Waals surface area contributed by atoms with Crippen molar-refractivity contribution in [3.63, 3.8) is 0 Å². The first-order valence-corrected chi connectivity index (χ1v) is 11.3. The van der Waals surface area contributed by atoms with Crippen LogP contribution >= 0.6 is 11.3 Å². The molecule has 160 valence electrons. The van der Waals surface area contributed by atoms with Crippen LogP contribution in [0.5, 0.6) is 5.75 Å². The normalized spacial score (nSPS) is 14.4. The maximum absolute atomic E-state index is 12.2. The summed E-state index contributed by atoms with van der Waals surface area (Å²) in [6.07, 6.45) is 0. The van der Waals surface area contributed by atoms with Crippen LogP contribution in [0.25, 0.3) is 10.2 Å². The van der Waals surface area contributed by atoms with Gasteiger partial charge in [-0.05, 0) is 49.4 Å². The van der Waals surface area contributed by atoms with Crippen molar-refractivity contribution in [1.29, 1.82) is 5.26 Å². The van der Waals surface area contributed by atoms with Crippen LogP contribution in [0.3, 0.4) is 0 Å². The van der Waals surface area contributed by atoms with E-state index in [1.807, 2.05) is 19.1 Å². The third-order valence-corrected chi connectivity index (χ3v) is 6.37. The predicted molar refractivity (Wildman–Crippen MR) is 123 cm³/mol. The van der Waals surface area contributed by atoms with Crippen molar-refractivity contribution in [2.24, 2.45) is 0 Å². The number of thiazole rings is 1. The van der Waals surface area contributed by atoms with Crippen molar-refractivity contribution in [2.45, 2.75) is 6.92 Å². The average molecular weight is 436 g/mol. The van der Waals surface area contributed by atoms with Crippen LogP contribution in [0, 0.1) is 11.3 Å². The minimum Gasteiger partial charge on any atom is -0.494 e. The van der Waals surface area contributed by atoms with Crippen LogP contribution in [-0.2, 0) is 0 Å². The Bertz CT molecular complexity index is 1080. The summed E-state index contributed by atoms with van der Waals surface area (Å²) in [7, 11) is 0. The molecule has 1 N–H and O–H groups in total. The molecule has 0 unspecified atom stereocenters. The zero-order valence-corrected chi connectivity index (χ0v) is 18.3. The molecule has 0 saturated carbocycles. The molecule has 3 aromatic rings.